The van der Waals surface area contributed by atoms with Gasteiger partial charge in [-0.3, -0.25) is 4.79 Å². The Balaban J connectivity index is 1.67. The lowest BCUT2D eigenvalue weighted by atomic mass is 10.1. The van der Waals surface area contributed by atoms with Crippen LogP contribution in [0, 0.1) is 6.92 Å². The van der Waals surface area contributed by atoms with Gasteiger partial charge in [0.15, 0.2) is 0 Å². The fraction of sp³-hybridized carbons (Fsp3) is 0.562. The van der Waals surface area contributed by atoms with E-state index in [1.807, 2.05) is 0 Å². The van der Waals surface area contributed by atoms with Crippen molar-refractivity contribution in [3.63, 3.8) is 0 Å². The van der Waals surface area contributed by atoms with Crippen molar-refractivity contribution >= 4 is 11.6 Å². The van der Waals surface area contributed by atoms with E-state index in [1.165, 1.54) is 29.7 Å². The summed E-state index contributed by atoms with van der Waals surface area (Å²) in [6.45, 7) is 5.57. The Morgan fingerprint density at radius 1 is 1.35 bits per heavy atom. The molecular formula is C16H23N3O. The third-order valence-electron chi connectivity index (χ3n) is 4.09. The molecule has 108 valence electrons. The van der Waals surface area contributed by atoms with Gasteiger partial charge in [0.1, 0.15) is 0 Å². The second-order valence-corrected chi connectivity index (χ2v) is 5.86. The van der Waals surface area contributed by atoms with Gasteiger partial charge in [-0.15, -0.1) is 0 Å². The van der Waals surface area contributed by atoms with Crippen molar-refractivity contribution in [3.8, 4) is 0 Å². The van der Waals surface area contributed by atoms with Gasteiger partial charge in [0.05, 0.1) is 0 Å². The molecule has 0 radical (unpaired) electrons. The fourth-order valence-corrected chi connectivity index (χ4v) is 2.74. The standard InChI is InChI=1S/C16H23N3O/c1-12-10-13(11-18-14-3-4-14)2-5-15(12)19-8-6-16(20)17-7-9-19/h2,5,10,14,18H,3-4,6-9,11H2,1H3,(H,17,20). The number of rotatable bonds is 4. The van der Waals surface area contributed by atoms with Crippen LogP contribution < -0.4 is 15.5 Å². The number of anilines is 1. The van der Waals surface area contributed by atoms with E-state index in [4.69, 9.17) is 0 Å². The van der Waals surface area contributed by atoms with Crippen molar-refractivity contribution in [2.24, 2.45) is 0 Å². The van der Waals surface area contributed by atoms with Crippen molar-refractivity contribution in [1.29, 1.82) is 0 Å². The molecular weight excluding hydrogens is 250 g/mol. The van der Waals surface area contributed by atoms with Crippen LogP contribution in [0.25, 0.3) is 0 Å². The van der Waals surface area contributed by atoms with Crippen LogP contribution in [0.3, 0.4) is 0 Å². The second-order valence-electron chi connectivity index (χ2n) is 5.86. The highest BCUT2D eigenvalue weighted by molar-refractivity contribution is 5.77. The summed E-state index contributed by atoms with van der Waals surface area (Å²) in [5.41, 5.74) is 3.91. The van der Waals surface area contributed by atoms with Crippen LogP contribution in [0.4, 0.5) is 5.69 Å². The summed E-state index contributed by atoms with van der Waals surface area (Å²) in [6.07, 6.45) is 3.24. The van der Waals surface area contributed by atoms with Gasteiger partial charge in [-0.2, -0.15) is 0 Å². The average Bonchev–Trinajstić information content (AvgIpc) is 3.25. The first-order chi connectivity index (χ1) is 9.72. The molecule has 20 heavy (non-hydrogen) atoms. The van der Waals surface area contributed by atoms with Crippen LogP contribution in [-0.4, -0.2) is 31.6 Å². The fourth-order valence-electron chi connectivity index (χ4n) is 2.74. The quantitative estimate of drug-likeness (QED) is 0.875. The number of hydrogen-bond donors (Lipinski definition) is 2. The van der Waals surface area contributed by atoms with Crippen molar-refractivity contribution < 1.29 is 4.79 Å². The smallest absolute Gasteiger partial charge is 0.221 e. The predicted octanol–water partition coefficient (Wildman–Crippen LogP) is 1.57. The Labute approximate surface area is 120 Å². The van der Waals surface area contributed by atoms with E-state index >= 15 is 0 Å². The van der Waals surface area contributed by atoms with Gasteiger partial charge < -0.3 is 15.5 Å². The highest BCUT2D eigenvalue weighted by Crippen LogP contribution is 2.23. The van der Waals surface area contributed by atoms with E-state index in [0.717, 1.165) is 32.2 Å². The van der Waals surface area contributed by atoms with Crippen molar-refractivity contribution in [2.75, 3.05) is 24.5 Å². The Morgan fingerprint density at radius 3 is 2.95 bits per heavy atom. The summed E-state index contributed by atoms with van der Waals surface area (Å²) in [6, 6.07) is 7.43. The normalized spacial score (nSPS) is 19.6. The number of hydrogen-bond acceptors (Lipinski definition) is 3. The minimum atomic E-state index is 0.162. The first-order valence-electron chi connectivity index (χ1n) is 7.57. The molecule has 2 fully saturated rings. The molecule has 1 aliphatic heterocycles. The molecule has 3 rings (SSSR count). The first kappa shape index (κ1) is 13.4. The molecule has 0 unspecified atom stereocenters. The van der Waals surface area contributed by atoms with Crippen molar-refractivity contribution in [1.82, 2.24) is 10.6 Å². The predicted molar refractivity (Wildman–Crippen MR) is 80.9 cm³/mol. The molecule has 1 aromatic rings. The summed E-state index contributed by atoms with van der Waals surface area (Å²) in [4.78, 5) is 13.7. The molecule has 4 nitrogen and oxygen atoms in total. The van der Waals surface area contributed by atoms with Crippen LogP contribution in [0.2, 0.25) is 0 Å². The number of nitrogens with one attached hydrogen (secondary N) is 2. The second kappa shape index (κ2) is 5.83. The van der Waals surface area contributed by atoms with Crippen LogP contribution in [-0.2, 0) is 11.3 Å². The molecule has 1 aromatic carbocycles. The maximum atomic E-state index is 11.4. The molecule has 1 aliphatic carbocycles. The van der Waals surface area contributed by atoms with Crippen LogP contribution >= 0.6 is 0 Å². The largest absolute Gasteiger partial charge is 0.369 e. The lowest BCUT2D eigenvalue weighted by Gasteiger charge is -2.24. The molecule has 0 spiro atoms. The lowest BCUT2D eigenvalue weighted by molar-refractivity contribution is -0.120. The Kier molecular flexibility index (Phi) is 3.92. The third kappa shape index (κ3) is 3.31. The summed E-state index contributed by atoms with van der Waals surface area (Å²) in [5.74, 6) is 0.162. The number of benzene rings is 1. The highest BCUT2D eigenvalue weighted by Gasteiger charge is 2.20. The molecule has 1 saturated heterocycles. The minimum Gasteiger partial charge on any atom is -0.369 e. The van der Waals surface area contributed by atoms with Gasteiger partial charge in [-0.1, -0.05) is 12.1 Å². The summed E-state index contributed by atoms with van der Waals surface area (Å²) < 4.78 is 0. The number of amides is 1. The number of carbonyl (C=O) groups is 1. The van der Waals surface area contributed by atoms with Gasteiger partial charge >= 0.3 is 0 Å². The molecule has 0 atom stereocenters. The van der Waals surface area contributed by atoms with E-state index in [-0.39, 0.29) is 5.91 Å². The van der Waals surface area contributed by atoms with Crippen LogP contribution in [0.1, 0.15) is 30.4 Å². The Bertz CT molecular complexity index is 496. The van der Waals surface area contributed by atoms with Crippen molar-refractivity contribution in [3.05, 3.63) is 29.3 Å². The lowest BCUT2D eigenvalue weighted by Crippen LogP contribution is -2.28. The molecule has 2 aliphatic rings. The van der Waals surface area contributed by atoms with Gasteiger partial charge in [-0.05, 0) is 37.0 Å². The molecule has 0 aromatic heterocycles. The summed E-state index contributed by atoms with van der Waals surface area (Å²) in [7, 11) is 0. The number of nitrogens with zero attached hydrogens (tertiary/aromatic N) is 1. The van der Waals surface area contributed by atoms with Gasteiger partial charge in [0.2, 0.25) is 5.91 Å². The third-order valence-corrected chi connectivity index (χ3v) is 4.09. The molecule has 1 saturated carbocycles. The molecule has 4 heteroatoms. The molecule has 1 amide bonds. The van der Waals surface area contributed by atoms with E-state index in [2.05, 4.69) is 40.7 Å². The Hall–Kier alpha value is -1.55. The SMILES string of the molecule is Cc1cc(CNC2CC2)ccc1N1CCNC(=O)CC1. The zero-order chi connectivity index (χ0) is 13.9. The first-order valence-corrected chi connectivity index (χ1v) is 7.57. The topological polar surface area (TPSA) is 44.4 Å². The minimum absolute atomic E-state index is 0.162. The Morgan fingerprint density at radius 2 is 2.20 bits per heavy atom. The van der Waals surface area contributed by atoms with Crippen LogP contribution in [0.15, 0.2) is 18.2 Å². The monoisotopic (exact) mass is 273 g/mol. The zero-order valence-electron chi connectivity index (χ0n) is 12.1. The molecule has 2 N–H and O–H groups in total. The number of carbonyl (C=O) groups excluding carboxylic acids is 1. The maximum Gasteiger partial charge on any atom is 0.221 e. The molecule has 0 bridgehead atoms. The van der Waals surface area contributed by atoms with Crippen LogP contribution in [0.5, 0.6) is 0 Å². The van der Waals surface area contributed by atoms with Gasteiger partial charge in [0.25, 0.3) is 0 Å². The average molecular weight is 273 g/mol. The molecule has 1 heterocycles. The highest BCUT2D eigenvalue weighted by atomic mass is 16.1. The van der Waals surface area contributed by atoms with E-state index < -0.39 is 0 Å². The van der Waals surface area contributed by atoms with E-state index in [1.54, 1.807) is 0 Å². The summed E-state index contributed by atoms with van der Waals surface area (Å²) in [5, 5.41) is 6.47. The van der Waals surface area contributed by atoms with Gasteiger partial charge in [0, 0.05) is 44.3 Å². The zero-order valence-corrected chi connectivity index (χ0v) is 12.1. The van der Waals surface area contributed by atoms with Gasteiger partial charge in [-0.25, -0.2) is 0 Å². The van der Waals surface area contributed by atoms with E-state index in [9.17, 15) is 4.79 Å². The van der Waals surface area contributed by atoms with E-state index in [0.29, 0.717) is 6.42 Å². The summed E-state index contributed by atoms with van der Waals surface area (Å²) >= 11 is 0. The van der Waals surface area contributed by atoms with Crippen molar-refractivity contribution in [2.45, 2.75) is 38.8 Å². The number of aryl methyl sites for hydroxylation is 1. The maximum absolute atomic E-state index is 11.4.